The predicted molar refractivity (Wildman–Crippen MR) is 113 cm³/mol. The van der Waals surface area contributed by atoms with E-state index in [0.717, 1.165) is 44.9 Å². The Hall–Kier alpha value is -0.930. The topological polar surface area (TPSA) is 101 Å². The van der Waals surface area contributed by atoms with Gasteiger partial charge in [-0.2, -0.15) is 0 Å². The van der Waals surface area contributed by atoms with Crippen LogP contribution in [-0.4, -0.2) is 56.4 Å². The van der Waals surface area contributed by atoms with Gasteiger partial charge in [0.2, 0.25) is 0 Å². The van der Waals surface area contributed by atoms with Gasteiger partial charge in [0, 0.05) is 31.3 Å². The smallest absolute Gasteiger partial charge is 0.317 e. The molecule has 4 unspecified atom stereocenters. The Morgan fingerprint density at radius 3 is 2.61 bits per heavy atom. The van der Waals surface area contributed by atoms with Crippen molar-refractivity contribution in [1.29, 1.82) is 0 Å². The maximum Gasteiger partial charge on any atom is 0.317 e. The molecule has 2 aliphatic heterocycles. The van der Waals surface area contributed by atoms with Gasteiger partial charge in [0.15, 0.2) is 0 Å². The lowest BCUT2D eigenvalue weighted by atomic mass is 9.87. The second-order valence-electron chi connectivity index (χ2n) is 9.01. The lowest BCUT2D eigenvalue weighted by Gasteiger charge is -2.37. The maximum absolute atomic E-state index is 12.4. The van der Waals surface area contributed by atoms with E-state index in [1.165, 1.54) is 32.1 Å². The largest absolute Gasteiger partial charge is 0.335 e. The molecule has 4 atom stereocenters. The van der Waals surface area contributed by atoms with E-state index in [4.69, 9.17) is 0 Å². The molecule has 0 aromatic rings. The van der Waals surface area contributed by atoms with E-state index in [2.05, 4.69) is 51.1 Å². The molecule has 8 heteroatoms. The van der Waals surface area contributed by atoms with Gasteiger partial charge in [-0.1, -0.05) is 13.3 Å². The molecule has 28 heavy (non-hydrogen) atoms. The van der Waals surface area contributed by atoms with Gasteiger partial charge in [0.25, 0.3) is 0 Å². The van der Waals surface area contributed by atoms with Gasteiger partial charge >= 0.3 is 6.03 Å². The summed E-state index contributed by atoms with van der Waals surface area (Å²) in [5.74, 6) is 0.793. The summed E-state index contributed by atoms with van der Waals surface area (Å²) < 4.78 is 0. The summed E-state index contributed by atoms with van der Waals surface area (Å²) in [4.78, 5) is 12.4. The van der Waals surface area contributed by atoms with Gasteiger partial charge in [0.05, 0.1) is 6.17 Å². The molecule has 1 saturated carbocycles. The van der Waals surface area contributed by atoms with E-state index < -0.39 is 0 Å². The van der Waals surface area contributed by atoms with Crippen LogP contribution in [0, 0.1) is 5.92 Å². The van der Waals surface area contributed by atoms with Crippen molar-refractivity contribution in [1.82, 2.24) is 37.2 Å². The molecule has 0 aromatic heterocycles. The minimum Gasteiger partial charge on any atom is -0.335 e. The molecule has 3 aliphatic rings. The van der Waals surface area contributed by atoms with Crippen molar-refractivity contribution in [3.05, 3.63) is 0 Å². The molecule has 3 rings (SSSR count). The highest BCUT2D eigenvalue weighted by atomic mass is 16.2. The summed E-state index contributed by atoms with van der Waals surface area (Å²) in [6, 6.07) is 1.23. The third-order valence-electron chi connectivity index (χ3n) is 6.31. The molecular weight excluding hydrogens is 354 g/mol. The van der Waals surface area contributed by atoms with Crippen LogP contribution in [0.3, 0.4) is 0 Å². The summed E-state index contributed by atoms with van der Waals surface area (Å²) >= 11 is 0. The number of urea groups is 1. The number of rotatable bonds is 8. The Kier molecular flexibility index (Phi) is 8.79. The van der Waals surface area contributed by atoms with Crippen molar-refractivity contribution in [2.45, 2.75) is 95.8 Å². The summed E-state index contributed by atoms with van der Waals surface area (Å²) in [5.41, 5.74) is 0. The van der Waals surface area contributed by atoms with Crippen LogP contribution < -0.4 is 37.2 Å². The first-order valence-corrected chi connectivity index (χ1v) is 11.3. The molecule has 1 aliphatic carbocycles. The van der Waals surface area contributed by atoms with Gasteiger partial charge in [0.1, 0.15) is 6.29 Å². The molecule has 2 saturated heterocycles. The van der Waals surface area contributed by atoms with E-state index in [1.54, 1.807) is 0 Å². The lowest BCUT2D eigenvalue weighted by molar-refractivity contribution is 0.183. The second-order valence-corrected chi connectivity index (χ2v) is 9.01. The predicted octanol–water partition coefficient (Wildman–Crippen LogP) is 0.724. The molecule has 0 aromatic carbocycles. The van der Waals surface area contributed by atoms with Crippen molar-refractivity contribution in [3.8, 4) is 0 Å². The first-order valence-electron chi connectivity index (χ1n) is 11.3. The molecule has 2 heterocycles. The first-order chi connectivity index (χ1) is 13.6. The molecule has 0 radical (unpaired) electrons. The van der Waals surface area contributed by atoms with Gasteiger partial charge < -0.3 is 26.6 Å². The van der Waals surface area contributed by atoms with E-state index in [1.807, 2.05) is 0 Å². The van der Waals surface area contributed by atoms with Crippen LogP contribution in [0.4, 0.5) is 4.79 Å². The molecule has 0 bridgehead atoms. The van der Waals surface area contributed by atoms with E-state index in [0.29, 0.717) is 18.1 Å². The fourth-order valence-electron chi connectivity index (χ4n) is 4.54. The number of nitrogens with one attached hydrogen (secondary N) is 7. The third-order valence-corrected chi connectivity index (χ3v) is 6.31. The van der Waals surface area contributed by atoms with Crippen LogP contribution in [0.5, 0.6) is 0 Å². The minimum atomic E-state index is -0.197. The van der Waals surface area contributed by atoms with E-state index in [-0.39, 0.29) is 18.5 Å². The van der Waals surface area contributed by atoms with Crippen LogP contribution in [0.15, 0.2) is 0 Å². The number of hydrogen-bond acceptors (Lipinski definition) is 6. The monoisotopic (exact) mass is 395 g/mol. The highest BCUT2D eigenvalue weighted by Gasteiger charge is 2.27. The van der Waals surface area contributed by atoms with Crippen LogP contribution >= 0.6 is 0 Å². The van der Waals surface area contributed by atoms with Crippen LogP contribution in [0.1, 0.15) is 65.2 Å². The maximum atomic E-state index is 12.4. The molecule has 0 spiro atoms. The quantitative estimate of drug-likeness (QED) is 0.306. The Labute approximate surface area is 170 Å². The van der Waals surface area contributed by atoms with Crippen molar-refractivity contribution in [2.75, 3.05) is 19.8 Å². The number of amides is 2. The Balaban J connectivity index is 1.30. The van der Waals surface area contributed by atoms with E-state index in [9.17, 15) is 4.79 Å². The molecule has 162 valence electrons. The summed E-state index contributed by atoms with van der Waals surface area (Å²) in [5, 5.41) is 23.5. The third kappa shape index (κ3) is 7.48. The molecule has 7 N–H and O–H groups in total. The summed E-state index contributed by atoms with van der Waals surface area (Å²) in [6.07, 6.45) is 9.28. The fraction of sp³-hybridized carbons (Fsp3) is 0.950. The number of unbranched alkanes of at least 4 members (excludes halogenated alkanes) is 1. The van der Waals surface area contributed by atoms with Gasteiger partial charge in [-0.25, -0.2) is 4.79 Å². The van der Waals surface area contributed by atoms with Crippen molar-refractivity contribution in [2.24, 2.45) is 5.92 Å². The zero-order valence-electron chi connectivity index (χ0n) is 17.7. The highest BCUT2D eigenvalue weighted by molar-refractivity contribution is 5.74. The lowest BCUT2D eigenvalue weighted by Crippen LogP contribution is -2.68. The zero-order chi connectivity index (χ0) is 19.8. The number of carbonyl (C=O) groups excluding carboxylic acids is 1. The normalized spacial score (nSPS) is 36.2. The van der Waals surface area contributed by atoms with Crippen molar-refractivity contribution in [3.63, 3.8) is 0 Å². The standard InChI is InChI=1S/C20H41N7O/c1-14-6-8-16(9-7-14)25-20(28)27-19-24-15(2)11-18(26-19)22-10-4-3-5-17-12-21-13-23-17/h14-19,21-24,26H,3-13H2,1-2H3,(H2,25,27,28). The molecular formula is C20H41N7O. The van der Waals surface area contributed by atoms with Crippen LogP contribution in [0.2, 0.25) is 0 Å². The average Bonchev–Trinajstić information content (AvgIpc) is 3.16. The SMILES string of the molecule is CC1CCC(NC(=O)NC2NC(C)CC(NCCCCC3CNCN3)N2)CC1. The second kappa shape index (κ2) is 11.3. The Morgan fingerprint density at radius 2 is 1.86 bits per heavy atom. The number of hydrogen-bond donors (Lipinski definition) is 7. The van der Waals surface area contributed by atoms with Crippen LogP contribution in [-0.2, 0) is 0 Å². The van der Waals surface area contributed by atoms with Gasteiger partial charge in [-0.05, 0) is 64.3 Å². The molecule has 8 nitrogen and oxygen atoms in total. The van der Waals surface area contributed by atoms with E-state index >= 15 is 0 Å². The van der Waals surface area contributed by atoms with Crippen LogP contribution in [0.25, 0.3) is 0 Å². The van der Waals surface area contributed by atoms with Gasteiger partial charge in [-0.3, -0.25) is 10.6 Å². The zero-order valence-corrected chi connectivity index (χ0v) is 17.7. The highest BCUT2D eigenvalue weighted by Crippen LogP contribution is 2.23. The van der Waals surface area contributed by atoms with Gasteiger partial charge in [-0.15, -0.1) is 0 Å². The minimum absolute atomic E-state index is 0.0740. The van der Waals surface area contributed by atoms with Crippen molar-refractivity contribution >= 4 is 6.03 Å². The summed E-state index contributed by atoms with van der Waals surface area (Å²) in [7, 11) is 0. The average molecular weight is 396 g/mol. The fourth-order valence-corrected chi connectivity index (χ4v) is 4.54. The number of carbonyl (C=O) groups is 1. The summed E-state index contributed by atoms with van der Waals surface area (Å²) in [6.45, 7) is 7.51. The molecule has 3 fully saturated rings. The first kappa shape index (κ1) is 21.8. The Morgan fingerprint density at radius 1 is 1.04 bits per heavy atom. The molecule has 2 amide bonds. The Bertz CT molecular complexity index is 463. The van der Waals surface area contributed by atoms with Crippen molar-refractivity contribution < 1.29 is 4.79 Å².